The van der Waals surface area contributed by atoms with Crippen LogP contribution in [0.4, 0.5) is 5.69 Å². The minimum atomic E-state index is -0.532. The Balaban J connectivity index is 1.98. The molecule has 4 rings (SSSR count). The Morgan fingerprint density at radius 1 is 1.10 bits per heavy atom. The first-order valence-electron chi connectivity index (χ1n) is 6.36. The van der Waals surface area contributed by atoms with E-state index in [9.17, 15) is 0 Å². The van der Waals surface area contributed by atoms with Gasteiger partial charge in [-0.2, -0.15) is 4.68 Å². The lowest BCUT2D eigenvalue weighted by molar-refractivity contribution is 0.393. The van der Waals surface area contributed by atoms with Gasteiger partial charge < -0.3 is 5.32 Å². The Kier molecular flexibility index (Phi) is 2.14. The van der Waals surface area contributed by atoms with E-state index in [4.69, 9.17) is 0 Å². The van der Waals surface area contributed by atoms with E-state index in [1.165, 1.54) is 0 Å². The van der Waals surface area contributed by atoms with E-state index >= 15 is 0 Å². The highest BCUT2D eigenvalue weighted by molar-refractivity contribution is 5.76. The average molecular weight is 264 g/mol. The second-order valence-electron chi connectivity index (χ2n) is 4.89. The summed E-state index contributed by atoms with van der Waals surface area (Å²) in [4.78, 5) is 4.07. The van der Waals surface area contributed by atoms with Crippen LogP contribution in [0.3, 0.4) is 0 Å². The van der Waals surface area contributed by atoms with Gasteiger partial charge >= 0.3 is 0 Å². The largest absolute Gasteiger partial charge is 0.357 e. The monoisotopic (exact) mass is 264 g/mol. The zero-order valence-electron chi connectivity index (χ0n) is 10.9. The summed E-state index contributed by atoms with van der Waals surface area (Å²) in [5.74, 6) is 0.763. The van der Waals surface area contributed by atoms with E-state index < -0.39 is 5.66 Å². The lowest BCUT2D eigenvalue weighted by atomic mass is 9.98. The SMILES string of the molecule is CC1(c2ccncc2)Nc2ccccc2-c2nnnn21. The van der Waals surface area contributed by atoms with Gasteiger partial charge in [0.1, 0.15) is 0 Å². The molecule has 3 aromatic rings. The van der Waals surface area contributed by atoms with Crippen LogP contribution in [-0.2, 0) is 5.66 Å². The van der Waals surface area contributed by atoms with Gasteiger partial charge in [-0.3, -0.25) is 4.98 Å². The average Bonchev–Trinajstić information content (AvgIpc) is 2.99. The molecule has 0 aliphatic carbocycles. The van der Waals surface area contributed by atoms with Gasteiger partial charge in [-0.05, 0) is 41.6 Å². The number of para-hydroxylation sites is 1. The molecule has 1 aliphatic heterocycles. The summed E-state index contributed by atoms with van der Waals surface area (Å²) in [6, 6.07) is 12.0. The molecule has 3 heterocycles. The molecule has 0 radical (unpaired) electrons. The Morgan fingerprint density at radius 2 is 1.90 bits per heavy atom. The van der Waals surface area contributed by atoms with Gasteiger partial charge in [-0.1, -0.05) is 12.1 Å². The number of hydrogen-bond donors (Lipinski definition) is 1. The third-order valence-corrected chi connectivity index (χ3v) is 3.68. The lowest BCUT2D eigenvalue weighted by Crippen LogP contribution is -2.43. The molecule has 1 unspecified atom stereocenters. The van der Waals surface area contributed by atoms with E-state index in [-0.39, 0.29) is 0 Å². The van der Waals surface area contributed by atoms with E-state index in [1.807, 2.05) is 41.1 Å². The van der Waals surface area contributed by atoms with Crippen molar-refractivity contribution in [2.75, 3.05) is 5.32 Å². The van der Waals surface area contributed by atoms with Gasteiger partial charge in [0.15, 0.2) is 11.5 Å². The molecule has 0 saturated heterocycles. The van der Waals surface area contributed by atoms with Gasteiger partial charge in [-0.15, -0.1) is 5.10 Å². The van der Waals surface area contributed by atoms with E-state index in [1.54, 1.807) is 12.4 Å². The van der Waals surface area contributed by atoms with Crippen LogP contribution < -0.4 is 5.32 Å². The Morgan fingerprint density at radius 3 is 2.75 bits per heavy atom. The van der Waals surface area contributed by atoms with Gasteiger partial charge in [0.05, 0.1) is 0 Å². The predicted octanol–water partition coefficient (Wildman–Crippen LogP) is 1.88. The molecule has 0 spiro atoms. The number of fused-ring (bicyclic) bond motifs is 3. The van der Waals surface area contributed by atoms with Gasteiger partial charge in [-0.25, -0.2) is 0 Å². The molecular formula is C14H12N6. The maximum Gasteiger partial charge on any atom is 0.186 e. The van der Waals surface area contributed by atoms with E-state index in [2.05, 4.69) is 32.7 Å². The molecule has 98 valence electrons. The van der Waals surface area contributed by atoms with Crippen LogP contribution in [0.2, 0.25) is 0 Å². The molecule has 20 heavy (non-hydrogen) atoms. The molecule has 0 bridgehead atoms. The van der Waals surface area contributed by atoms with E-state index in [0.717, 1.165) is 22.6 Å². The summed E-state index contributed by atoms with van der Waals surface area (Å²) in [7, 11) is 0. The Hall–Kier alpha value is -2.76. The predicted molar refractivity (Wildman–Crippen MR) is 73.9 cm³/mol. The molecular weight excluding hydrogens is 252 g/mol. The number of hydrogen-bond acceptors (Lipinski definition) is 5. The Labute approximate surface area is 115 Å². The number of rotatable bonds is 1. The number of benzene rings is 1. The zero-order valence-corrected chi connectivity index (χ0v) is 10.9. The zero-order chi connectivity index (χ0) is 13.6. The fourth-order valence-electron chi connectivity index (χ4n) is 2.63. The molecule has 0 saturated carbocycles. The first-order chi connectivity index (χ1) is 9.79. The summed E-state index contributed by atoms with van der Waals surface area (Å²) < 4.78 is 1.81. The maximum absolute atomic E-state index is 4.17. The highest BCUT2D eigenvalue weighted by Crippen LogP contribution is 2.39. The second-order valence-corrected chi connectivity index (χ2v) is 4.89. The maximum atomic E-state index is 4.17. The van der Waals surface area contributed by atoms with Crippen LogP contribution in [-0.4, -0.2) is 25.2 Å². The van der Waals surface area contributed by atoms with Crippen molar-refractivity contribution in [1.29, 1.82) is 0 Å². The van der Waals surface area contributed by atoms with Crippen LogP contribution in [0.15, 0.2) is 48.8 Å². The highest BCUT2D eigenvalue weighted by atomic mass is 15.6. The number of pyridine rings is 1. The van der Waals surface area contributed by atoms with E-state index in [0.29, 0.717) is 0 Å². The molecule has 0 amide bonds. The number of nitrogens with one attached hydrogen (secondary N) is 1. The minimum Gasteiger partial charge on any atom is -0.357 e. The van der Waals surface area contributed by atoms with Crippen molar-refractivity contribution in [2.45, 2.75) is 12.6 Å². The molecule has 1 aliphatic rings. The van der Waals surface area contributed by atoms with Crippen LogP contribution >= 0.6 is 0 Å². The van der Waals surface area contributed by atoms with Crippen molar-refractivity contribution < 1.29 is 0 Å². The molecule has 0 fully saturated rings. The summed E-state index contributed by atoms with van der Waals surface area (Å²) >= 11 is 0. The summed E-state index contributed by atoms with van der Waals surface area (Å²) in [5.41, 5.74) is 2.55. The van der Waals surface area contributed by atoms with Crippen LogP contribution in [0, 0.1) is 0 Å². The quantitative estimate of drug-likeness (QED) is 0.726. The third kappa shape index (κ3) is 1.38. The molecule has 1 aromatic carbocycles. The van der Waals surface area contributed by atoms with Crippen molar-refractivity contribution in [3.8, 4) is 11.4 Å². The lowest BCUT2D eigenvalue weighted by Gasteiger charge is -2.36. The first-order valence-corrected chi connectivity index (χ1v) is 6.36. The molecule has 1 atom stereocenters. The third-order valence-electron chi connectivity index (χ3n) is 3.68. The van der Waals surface area contributed by atoms with Crippen LogP contribution in [0.1, 0.15) is 12.5 Å². The van der Waals surface area contributed by atoms with Gasteiger partial charge in [0.25, 0.3) is 0 Å². The first kappa shape index (κ1) is 11.1. The summed E-state index contributed by atoms with van der Waals surface area (Å²) in [5, 5.41) is 15.7. The number of aromatic nitrogens is 5. The van der Waals surface area contributed by atoms with Crippen molar-refractivity contribution in [2.24, 2.45) is 0 Å². The smallest absolute Gasteiger partial charge is 0.186 e. The number of anilines is 1. The second kappa shape index (κ2) is 3.86. The molecule has 6 nitrogen and oxygen atoms in total. The molecule has 6 heteroatoms. The standard InChI is InChI=1S/C14H12N6/c1-14(10-6-8-15-9-7-10)16-12-5-3-2-4-11(12)13-17-18-19-20(13)14/h2-9,16H,1H3. The Bertz CT molecular complexity index is 766. The number of nitrogens with zero attached hydrogens (tertiary/aromatic N) is 5. The van der Waals surface area contributed by atoms with Crippen molar-refractivity contribution >= 4 is 5.69 Å². The van der Waals surface area contributed by atoms with Crippen LogP contribution in [0.5, 0.6) is 0 Å². The fraction of sp³-hybridized carbons (Fsp3) is 0.143. The minimum absolute atomic E-state index is 0.532. The fourth-order valence-corrected chi connectivity index (χ4v) is 2.63. The summed E-state index contributed by atoms with van der Waals surface area (Å²) in [6.07, 6.45) is 3.54. The van der Waals surface area contributed by atoms with Crippen molar-refractivity contribution in [3.63, 3.8) is 0 Å². The molecule has 2 aromatic heterocycles. The topological polar surface area (TPSA) is 68.5 Å². The summed E-state index contributed by atoms with van der Waals surface area (Å²) in [6.45, 7) is 2.05. The van der Waals surface area contributed by atoms with Gasteiger partial charge in [0.2, 0.25) is 0 Å². The number of tetrazole rings is 1. The van der Waals surface area contributed by atoms with Gasteiger partial charge in [0, 0.05) is 29.2 Å². The van der Waals surface area contributed by atoms with Crippen molar-refractivity contribution in [3.05, 3.63) is 54.4 Å². The van der Waals surface area contributed by atoms with Crippen molar-refractivity contribution in [1.82, 2.24) is 25.2 Å². The highest BCUT2D eigenvalue weighted by Gasteiger charge is 2.37. The molecule has 1 N–H and O–H groups in total. The van der Waals surface area contributed by atoms with Crippen LogP contribution in [0.25, 0.3) is 11.4 Å². The normalized spacial score (nSPS) is 19.9.